The minimum absolute atomic E-state index is 0.132. The van der Waals surface area contributed by atoms with Crippen molar-refractivity contribution in [3.05, 3.63) is 70.1 Å². The van der Waals surface area contributed by atoms with E-state index in [-0.39, 0.29) is 23.2 Å². The Labute approximate surface area is 157 Å². The fraction of sp³-hybridized carbons (Fsp3) is 0.286. The highest BCUT2D eigenvalue weighted by molar-refractivity contribution is 6.04. The van der Waals surface area contributed by atoms with Gasteiger partial charge in [0, 0.05) is 11.9 Å². The molecule has 2 aromatic carbocycles. The molecule has 0 aliphatic heterocycles. The van der Waals surface area contributed by atoms with Crippen molar-refractivity contribution in [3.8, 4) is 5.75 Å². The molecule has 0 aliphatic carbocycles. The van der Waals surface area contributed by atoms with Gasteiger partial charge in [-0.1, -0.05) is 30.3 Å². The molecule has 0 fully saturated rings. The van der Waals surface area contributed by atoms with E-state index in [1.165, 1.54) is 4.68 Å². The van der Waals surface area contributed by atoms with Gasteiger partial charge in [-0.15, -0.1) is 0 Å². The van der Waals surface area contributed by atoms with Crippen LogP contribution >= 0.6 is 0 Å². The molecule has 3 aromatic rings. The SMILES string of the molecule is COc1ccc(CCNC(=O)c2nn(C(C)C)c(=O)c3ccccc23)cc1. The largest absolute Gasteiger partial charge is 0.497 e. The summed E-state index contributed by atoms with van der Waals surface area (Å²) in [7, 11) is 1.63. The number of nitrogens with one attached hydrogen (secondary N) is 1. The summed E-state index contributed by atoms with van der Waals surface area (Å²) in [5.74, 6) is 0.517. The Hall–Kier alpha value is -3.15. The first-order valence-electron chi connectivity index (χ1n) is 8.94. The summed E-state index contributed by atoms with van der Waals surface area (Å²) < 4.78 is 6.51. The van der Waals surface area contributed by atoms with Crippen molar-refractivity contribution in [2.45, 2.75) is 26.3 Å². The van der Waals surface area contributed by atoms with Crippen LogP contribution in [0.4, 0.5) is 0 Å². The number of amides is 1. The summed E-state index contributed by atoms with van der Waals surface area (Å²) in [6.07, 6.45) is 0.692. The number of hydrogen-bond acceptors (Lipinski definition) is 4. The molecular weight excluding hydrogens is 342 g/mol. The number of ether oxygens (including phenoxy) is 1. The van der Waals surface area contributed by atoms with Gasteiger partial charge in [0.2, 0.25) is 0 Å². The molecule has 0 atom stereocenters. The van der Waals surface area contributed by atoms with Crippen LogP contribution in [0.25, 0.3) is 10.8 Å². The lowest BCUT2D eigenvalue weighted by molar-refractivity contribution is 0.0948. The zero-order chi connectivity index (χ0) is 19.4. The van der Waals surface area contributed by atoms with Gasteiger partial charge >= 0.3 is 0 Å². The van der Waals surface area contributed by atoms with Crippen molar-refractivity contribution in [1.82, 2.24) is 15.1 Å². The first-order valence-corrected chi connectivity index (χ1v) is 8.94. The zero-order valence-electron chi connectivity index (χ0n) is 15.7. The summed E-state index contributed by atoms with van der Waals surface area (Å²) in [6, 6.07) is 14.7. The first kappa shape index (κ1) is 18.6. The molecule has 6 heteroatoms. The number of aromatic nitrogens is 2. The van der Waals surface area contributed by atoms with Crippen LogP contribution in [0.3, 0.4) is 0 Å². The number of fused-ring (bicyclic) bond motifs is 1. The van der Waals surface area contributed by atoms with Gasteiger partial charge in [0.15, 0.2) is 5.69 Å². The van der Waals surface area contributed by atoms with Gasteiger partial charge in [-0.25, -0.2) is 4.68 Å². The van der Waals surface area contributed by atoms with E-state index in [2.05, 4.69) is 10.4 Å². The van der Waals surface area contributed by atoms with E-state index in [1.807, 2.05) is 38.1 Å². The van der Waals surface area contributed by atoms with Crippen molar-refractivity contribution in [2.24, 2.45) is 0 Å². The standard InChI is InChI=1S/C21H23N3O3/c1-14(2)24-21(26)18-7-5-4-6-17(18)19(23-24)20(25)22-13-12-15-8-10-16(27-3)11-9-15/h4-11,14H,12-13H2,1-3H3,(H,22,25). The van der Waals surface area contributed by atoms with Gasteiger partial charge in [0.05, 0.1) is 18.5 Å². The van der Waals surface area contributed by atoms with Crippen LogP contribution in [-0.2, 0) is 6.42 Å². The Morgan fingerprint density at radius 3 is 2.41 bits per heavy atom. The molecule has 1 amide bonds. The maximum atomic E-state index is 12.7. The average molecular weight is 365 g/mol. The number of carbonyl (C=O) groups excluding carboxylic acids is 1. The van der Waals surface area contributed by atoms with Gasteiger partial charge < -0.3 is 10.1 Å². The van der Waals surface area contributed by atoms with Crippen LogP contribution in [0.5, 0.6) is 5.75 Å². The lowest BCUT2D eigenvalue weighted by Crippen LogP contribution is -2.32. The van der Waals surface area contributed by atoms with E-state index < -0.39 is 0 Å². The predicted octanol–water partition coefficient (Wildman–Crippen LogP) is 2.96. The molecule has 6 nitrogen and oxygen atoms in total. The van der Waals surface area contributed by atoms with Crippen LogP contribution < -0.4 is 15.6 Å². The average Bonchev–Trinajstić information content (AvgIpc) is 2.68. The molecule has 0 aliphatic rings. The van der Waals surface area contributed by atoms with Gasteiger partial charge in [-0.05, 0) is 44.0 Å². The lowest BCUT2D eigenvalue weighted by atomic mass is 10.1. The first-order chi connectivity index (χ1) is 13.0. The highest BCUT2D eigenvalue weighted by Gasteiger charge is 2.17. The monoisotopic (exact) mass is 365 g/mol. The molecular formula is C21H23N3O3. The van der Waals surface area contributed by atoms with Crippen molar-refractivity contribution in [3.63, 3.8) is 0 Å². The van der Waals surface area contributed by atoms with Crippen molar-refractivity contribution < 1.29 is 9.53 Å². The van der Waals surface area contributed by atoms with E-state index in [9.17, 15) is 9.59 Å². The van der Waals surface area contributed by atoms with Crippen molar-refractivity contribution >= 4 is 16.7 Å². The number of hydrogen-bond donors (Lipinski definition) is 1. The Kier molecular flexibility index (Phi) is 5.54. The second-order valence-electron chi connectivity index (χ2n) is 6.59. The second kappa shape index (κ2) is 8.03. The van der Waals surface area contributed by atoms with Crippen LogP contribution in [0.15, 0.2) is 53.3 Å². The normalized spacial score (nSPS) is 11.0. The Morgan fingerprint density at radius 2 is 1.78 bits per heavy atom. The highest BCUT2D eigenvalue weighted by atomic mass is 16.5. The number of methoxy groups -OCH3 is 1. The van der Waals surface area contributed by atoms with Gasteiger partial charge in [0.1, 0.15) is 5.75 Å². The predicted molar refractivity (Wildman–Crippen MR) is 105 cm³/mol. The van der Waals surface area contributed by atoms with Gasteiger partial charge in [-0.2, -0.15) is 5.10 Å². The van der Waals surface area contributed by atoms with Gasteiger partial charge in [0.25, 0.3) is 11.5 Å². The third-order valence-corrected chi connectivity index (χ3v) is 4.39. The molecule has 0 unspecified atom stereocenters. The molecule has 3 rings (SSSR count). The highest BCUT2D eigenvalue weighted by Crippen LogP contribution is 2.15. The fourth-order valence-corrected chi connectivity index (χ4v) is 2.92. The fourth-order valence-electron chi connectivity index (χ4n) is 2.92. The van der Waals surface area contributed by atoms with Crippen LogP contribution in [0.2, 0.25) is 0 Å². The quantitative estimate of drug-likeness (QED) is 0.729. The number of nitrogens with zero attached hydrogens (tertiary/aromatic N) is 2. The summed E-state index contributed by atoms with van der Waals surface area (Å²) in [5.41, 5.74) is 1.19. The van der Waals surface area contributed by atoms with Crippen molar-refractivity contribution in [2.75, 3.05) is 13.7 Å². The zero-order valence-corrected chi connectivity index (χ0v) is 15.7. The van der Waals surface area contributed by atoms with E-state index in [1.54, 1.807) is 31.4 Å². The van der Waals surface area contributed by atoms with Crippen LogP contribution in [0.1, 0.15) is 35.9 Å². The smallest absolute Gasteiger partial charge is 0.274 e. The molecule has 27 heavy (non-hydrogen) atoms. The van der Waals surface area contributed by atoms with Crippen molar-refractivity contribution in [1.29, 1.82) is 0 Å². The van der Waals surface area contributed by atoms with E-state index >= 15 is 0 Å². The molecule has 1 heterocycles. The third kappa shape index (κ3) is 4.00. The number of carbonyl (C=O) groups is 1. The maximum absolute atomic E-state index is 12.7. The summed E-state index contributed by atoms with van der Waals surface area (Å²) in [4.78, 5) is 25.3. The summed E-state index contributed by atoms with van der Waals surface area (Å²) in [5, 5.41) is 8.30. The molecule has 0 saturated carbocycles. The van der Waals surface area contributed by atoms with Crippen LogP contribution in [-0.4, -0.2) is 29.3 Å². The molecule has 1 N–H and O–H groups in total. The lowest BCUT2D eigenvalue weighted by Gasteiger charge is -2.13. The van der Waals surface area contributed by atoms with E-state index in [0.717, 1.165) is 11.3 Å². The van der Waals surface area contributed by atoms with E-state index in [4.69, 9.17) is 4.74 Å². The summed E-state index contributed by atoms with van der Waals surface area (Å²) >= 11 is 0. The molecule has 1 aromatic heterocycles. The topological polar surface area (TPSA) is 73.2 Å². The van der Waals surface area contributed by atoms with Gasteiger partial charge in [-0.3, -0.25) is 9.59 Å². The summed E-state index contributed by atoms with van der Waals surface area (Å²) in [6.45, 7) is 4.21. The molecule has 0 bridgehead atoms. The Bertz CT molecular complexity index is 1010. The van der Waals surface area contributed by atoms with Crippen LogP contribution in [0, 0.1) is 0 Å². The Morgan fingerprint density at radius 1 is 1.11 bits per heavy atom. The minimum atomic E-state index is -0.283. The van der Waals surface area contributed by atoms with E-state index in [0.29, 0.717) is 23.7 Å². The second-order valence-corrected chi connectivity index (χ2v) is 6.59. The molecule has 0 saturated heterocycles. The molecule has 0 spiro atoms. The number of benzene rings is 2. The maximum Gasteiger partial charge on any atom is 0.274 e. The molecule has 0 radical (unpaired) electrons. The minimum Gasteiger partial charge on any atom is -0.497 e. The third-order valence-electron chi connectivity index (χ3n) is 4.39. The molecule has 140 valence electrons. The number of rotatable bonds is 6. The Balaban J connectivity index is 1.80.